The Balaban J connectivity index is 0.00000204. The van der Waals surface area contributed by atoms with Crippen molar-refractivity contribution in [2.45, 2.75) is 31.3 Å². The number of nitrogens with one attached hydrogen (secondary N) is 1. The Labute approximate surface area is 213 Å². The third-order valence-electron chi connectivity index (χ3n) is 5.38. The van der Waals surface area contributed by atoms with Crippen LogP contribution in [0.4, 0.5) is 5.69 Å². The van der Waals surface area contributed by atoms with Gasteiger partial charge in [0.15, 0.2) is 0 Å². The van der Waals surface area contributed by atoms with Gasteiger partial charge in [-0.05, 0) is 47.7 Å². The normalized spacial score (nSPS) is 16.3. The second-order valence-electron chi connectivity index (χ2n) is 8.23. The molecular weight excluding hydrogens is 493 g/mol. The van der Waals surface area contributed by atoms with Crippen LogP contribution in [0.3, 0.4) is 0 Å². The number of pyridine rings is 1. The molecule has 1 atom stereocenters. The number of hydrogen-bond acceptors (Lipinski definition) is 5. The molecule has 1 fully saturated rings. The molecule has 2 aromatic carbocycles. The number of halogens is 2. The van der Waals surface area contributed by atoms with Crippen molar-refractivity contribution in [3.63, 3.8) is 0 Å². The maximum Gasteiger partial charge on any atom is 0.285 e. The minimum Gasteiger partial charge on any atom is -0.381 e. The van der Waals surface area contributed by atoms with Gasteiger partial charge in [-0.15, -0.1) is 16.8 Å². The first-order valence-corrected chi connectivity index (χ1v) is 12.2. The van der Waals surface area contributed by atoms with Gasteiger partial charge in [0, 0.05) is 63.2 Å². The zero-order chi connectivity index (χ0) is 22.7. The molecule has 1 aromatic heterocycles. The number of aromatic nitrogens is 1. The lowest BCUT2D eigenvalue weighted by atomic mass is 10.1. The lowest BCUT2D eigenvalue weighted by molar-refractivity contribution is 0.328. The van der Waals surface area contributed by atoms with E-state index in [4.69, 9.17) is 11.6 Å². The van der Waals surface area contributed by atoms with Crippen LogP contribution >= 0.6 is 24.0 Å². The van der Waals surface area contributed by atoms with E-state index in [1.807, 2.05) is 18.3 Å². The summed E-state index contributed by atoms with van der Waals surface area (Å²) in [6.07, 6.45) is 5.94. The Bertz CT molecular complexity index is 1250. The monoisotopic (exact) mass is 523 g/mol. The zero-order valence-electron chi connectivity index (χ0n) is 18.5. The molecule has 3 aromatic rings. The molecule has 0 aliphatic carbocycles. The number of hydrogen-bond donors (Lipinski definition) is 1. The summed E-state index contributed by atoms with van der Waals surface area (Å²) >= 11 is 6.17. The average Bonchev–Trinajstić information content (AvgIpc) is 3.20. The lowest BCUT2D eigenvalue weighted by Crippen LogP contribution is -2.26. The highest BCUT2D eigenvalue weighted by Gasteiger charge is 2.24. The molecule has 0 amide bonds. The summed E-state index contributed by atoms with van der Waals surface area (Å²) < 4.78 is 28.8. The number of anilines is 1. The van der Waals surface area contributed by atoms with Crippen molar-refractivity contribution in [3.05, 3.63) is 65.4 Å². The maximum atomic E-state index is 12.6. The topological polar surface area (TPSA) is 77.9 Å². The van der Waals surface area contributed by atoms with E-state index in [0.29, 0.717) is 12.6 Å². The Hall–Kier alpha value is -2.39. The van der Waals surface area contributed by atoms with Gasteiger partial charge in [-0.2, -0.15) is 8.42 Å². The fourth-order valence-electron chi connectivity index (χ4n) is 3.82. The van der Waals surface area contributed by atoms with Gasteiger partial charge < -0.3 is 10.2 Å². The van der Waals surface area contributed by atoms with Gasteiger partial charge in [0.1, 0.15) is 11.2 Å². The van der Waals surface area contributed by atoms with Crippen molar-refractivity contribution in [1.82, 2.24) is 14.8 Å². The molecule has 1 aliphatic rings. The SMILES string of the molecule is C.CN(C)C=NS(=O)(=O)c1cc(CN2CC[C@@H](Nc3ccc4cnccc4c3)C2)ccc1Cl.Cl. The third kappa shape index (κ3) is 6.82. The Morgan fingerprint density at radius 2 is 2.00 bits per heavy atom. The second kappa shape index (κ2) is 11.8. The van der Waals surface area contributed by atoms with Crippen LogP contribution in [-0.4, -0.2) is 62.8 Å². The molecule has 0 spiro atoms. The molecule has 1 saturated heterocycles. The molecule has 184 valence electrons. The van der Waals surface area contributed by atoms with E-state index >= 15 is 0 Å². The summed E-state index contributed by atoms with van der Waals surface area (Å²) in [4.78, 5) is 8.07. The molecule has 1 aliphatic heterocycles. The first kappa shape index (κ1) is 27.9. The largest absolute Gasteiger partial charge is 0.381 e. The molecule has 4 rings (SSSR count). The van der Waals surface area contributed by atoms with Crippen molar-refractivity contribution >= 4 is 56.8 Å². The summed E-state index contributed by atoms with van der Waals surface area (Å²) in [5.74, 6) is 0. The maximum absolute atomic E-state index is 12.6. The van der Waals surface area contributed by atoms with E-state index in [1.165, 1.54) is 6.34 Å². The van der Waals surface area contributed by atoms with Crippen LogP contribution in [0.1, 0.15) is 19.4 Å². The molecule has 1 N–H and O–H groups in total. The van der Waals surface area contributed by atoms with Crippen LogP contribution in [-0.2, 0) is 16.6 Å². The van der Waals surface area contributed by atoms with Gasteiger partial charge in [-0.3, -0.25) is 9.88 Å². The van der Waals surface area contributed by atoms with Crippen LogP contribution in [0.5, 0.6) is 0 Å². The number of likely N-dealkylation sites (tertiary alicyclic amines) is 1. The molecular formula is C24H31Cl2N5O2S. The van der Waals surface area contributed by atoms with Crippen LogP contribution in [0.2, 0.25) is 5.02 Å². The van der Waals surface area contributed by atoms with Crippen LogP contribution in [0.25, 0.3) is 10.8 Å². The van der Waals surface area contributed by atoms with Crippen molar-refractivity contribution in [3.8, 4) is 0 Å². The Morgan fingerprint density at radius 3 is 2.76 bits per heavy atom. The van der Waals surface area contributed by atoms with Crippen molar-refractivity contribution in [2.75, 3.05) is 32.5 Å². The van der Waals surface area contributed by atoms with Crippen LogP contribution in [0, 0.1) is 0 Å². The van der Waals surface area contributed by atoms with E-state index in [9.17, 15) is 8.42 Å². The summed E-state index contributed by atoms with van der Waals surface area (Å²) in [5.41, 5.74) is 1.99. The van der Waals surface area contributed by atoms with Gasteiger partial charge in [-0.25, -0.2) is 0 Å². The zero-order valence-corrected chi connectivity index (χ0v) is 20.9. The lowest BCUT2D eigenvalue weighted by Gasteiger charge is -2.18. The highest BCUT2D eigenvalue weighted by atomic mass is 35.5. The predicted molar refractivity (Wildman–Crippen MR) is 144 cm³/mol. The molecule has 34 heavy (non-hydrogen) atoms. The molecule has 7 nitrogen and oxygen atoms in total. The quantitative estimate of drug-likeness (QED) is 0.350. The summed E-state index contributed by atoms with van der Waals surface area (Å²) in [6.45, 7) is 2.45. The third-order valence-corrected chi connectivity index (χ3v) is 7.09. The van der Waals surface area contributed by atoms with Crippen LogP contribution < -0.4 is 5.32 Å². The van der Waals surface area contributed by atoms with Crippen molar-refractivity contribution in [2.24, 2.45) is 4.40 Å². The van der Waals surface area contributed by atoms with Crippen LogP contribution in [0.15, 0.2) is 64.2 Å². The number of nitrogens with zero attached hydrogens (tertiary/aromatic N) is 4. The minimum absolute atomic E-state index is 0. The van der Waals surface area contributed by atoms with Gasteiger partial charge in [0.25, 0.3) is 10.0 Å². The number of benzene rings is 2. The van der Waals surface area contributed by atoms with Gasteiger partial charge in [0.2, 0.25) is 0 Å². The number of fused-ring (bicyclic) bond motifs is 1. The first-order chi connectivity index (χ1) is 15.3. The summed E-state index contributed by atoms with van der Waals surface area (Å²) in [5, 5.41) is 6.07. The smallest absolute Gasteiger partial charge is 0.285 e. The molecule has 10 heteroatoms. The summed E-state index contributed by atoms with van der Waals surface area (Å²) in [6, 6.07) is 13.8. The van der Waals surface area contributed by atoms with Gasteiger partial charge in [-0.1, -0.05) is 31.2 Å². The fraction of sp³-hybridized carbons (Fsp3) is 0.333. The van der Waals surface area contributed by atoms with E-state index < -0.39 is 10.0 Å². The highest BCUT2D eigenvalue weighted by molar-refractivity contribution is 7.90. The number of sulfonamides is 1. The standard InChI is InChI=1S/C23H26ClN5O2S.CH4.ClH/c1-28(2)16-26-32(30,31)23-11-17(3-6-22(23)24)14-29-10-8-21(15-29)27-20-5-4-19-13-25-9-7-18(19)12-20;;/h3-7,9,11-13,16,21,27H,8,10,14-15H2,1-2H3;1H4;1H/t21-;;/m1../s1. The Morgan fingerprint density at radius 1 is 1.21 bits per heavy atom. The predicted octanol–water partition coefficient (Wildman–Crippen LogP) is 4.91. The first-order valence-electron chi connectivity index (χ1n) is 10.4. The molecule has 2 heterocycles. The van der Waals surface area contributed by atoms with Gasteiger partial charge >= 0.3 is 0 Å². The fourth-order valence-corrected chi connectivity index (χ4v) is 5.27. The molecule has 0 bridgehead atoms. The van der Waals surface area contributed by atoms with Gasteiger partial charge in [0.05, 0.1) is 5.02 Å². The van der Waals surface area contributed by atoms with E-state index in [2.05, 4.69) is 37.8 Å². The number of rotatable bonds is 7. The van der Waals surface area contributed by atoms with E-state index in [-0.39, 0.29) is 29.8 Å². The second-order valence-corrected chi connectivity index (χ2v) is 10.2. The van der Waals surface area contributed by atoms with E-state index in [0.717, 1.165) is 41.5 Å². The Kier molecular flexibility index (Phi) is 9.70. The van der Waals surface area contributed by atoms with E-state index in [1.54, 1.807) is 37.3 Å². The minimum atomic E-state index is -3.85. The van der Waals surface area contributed by atoms with Crippen molar-refractivity contribution < 1.29 is 8.42 Å². The van der Waals surface area contributed by atoms with Crippen molar-refractivity contribution in [1.29, 1.82) is 0 Å². The highest BCUT2D eigenvalue weighted by Crippen LogP contribution is 2.26. The average molecular weight is 525 g/mol. The summed E-state index contributed by atoms with van der Waals surface area (Å²) in [7, 11) is -0.426. The molecule has 0 unspecified atom stereocenters. The molecule has 0 saturated carbocycles. The molecule has 0 radical (unpaired) electrons.